The van der Waals surface area contributed by atoms with E-state index in [0.29, 0.717) is 30.8 Å². The van der Waals surface area contributed by atoms with Gasteiger partial charge in [0.2, 0.25) is 0 Å². The van der Waals surface area contributed by atoms with Crippen molar-refractivity contribution in [2.75, 3.05) is 0 Å². The maximum Gasteiger partial charge on any atom is 0.433 e. The zero-order valence-electron chi connectivity index (χ0n) is 16.2. The summed E-state index contributed by atoms with van der Waals surface area (Å²) in [5.74, 6) is -0.701. The Bertz CT molecular complexity index is 1120. The number of aryl methyl sites for hydroxylation is 2. The summed E-state index contributed by atoms with van der Waals surface area (Å²) >= 11 is 0. The third-order valence-corrected chi connectivity index (χ3v) is 5.12. The third kappa shape index (κ3) is 4.01. The number of carbonyl (C=O) groups is 1. The first kappa shape index (κ1) is 20.9. The molecule has 0 aliphatic carbocycles. The Labute approximate surface area is 172 Å². The molecule has 0 fully saturated rings. The van der Waals surface area contributed by atoms with Crippen molar-refractivity contribution < 1.29 is 26.7 Å². The lowest BCUT2D eigenvalue weighted by atomic mass is 10.0. The quantitative estimate of drug-likeness (QED) is 0.625. The number of rotatable bonds is 4. The molecule has 0 spiro atoms. The van der Waals surface area contributed by atoms with Crippen LogP contribution in [0.4, 0.5) is 22.0 Å². The van der Waals surface area contributed by atoms with Gasteiger partial charge in [-0.1, -0.05) is 0 Å². The Morgan fingerprint density at radius 2 is 2.06 bits per heavy atom. The second-order valence-electron chi connectivity index (χ2n) is 7.14. The summed E-state index contributed by atoms with van der Waals surface area (Å²) in [6, 6.07) is 3.39. The van der Waals surface area contributed by atoms with E-state index in [1.807, 2.05) is 0 Å². The maximum absolute atomic E-state index is 13.3. The van der Waals surface area contributed by atoms with Crippen molar-refractivity contribution in [2.45, 2.75) is 38.0 Å². The highest BCUT2D eigenvalue weighted by molar-refractivity contribution is 5.95. The van der Waals surface area contributed by atoms with Crippen LogP contribution in [0.15, 0.2) is 30.6 Å². The molecule has 164 valence electrons. The Balaban J connectivity index is 1.61. The highest BCUT2D eigenvalue weighted by Gasteiger charge is 2.33. The van der Waals surface area contributed by atoms with E-state index < -0.39 is 35.9 Å². The first-order chi connectivity index (χ1) is 14.6. The van der Waals surface area contributed by atoms with Gasteiger partial charge >= 0.3 is 6.18 Å². The molecule has 3 aromatic heterocycles. The second kappa shape index (κ2) is 7.75. The number of fused-ring (bicyclic) bond motifs is 1. The van der Waals surface area contributed by atoms with Crippen molar-refractivity contribution in [3.8, 4) is 11.3 Å². The zero-order valence-corrected chi connectivity index (χ0v) is 16.2. The number of alkyl halides is 5. The van der Waals surface area contributed by atoms with Crippen LogP contribution in [-0.4, -0.2) is 30.5 Å². The SMILES string of the molecule is Cn1ncc(C(=O)N[C@H]2CCCn3nc(-c4ccnc(C(F)(F)F)c4)cc32)c1C(F)F. The predicted octanol–water partition coefficient (Wildman–Crippen LogP) is 3.90. The van der Waals surface area contributed by atoms with Crippen LogP contribution in [0.3, 0.4) is 0 Å². The second-order valence-corrected chi connectivity index (χ2v) is 7.14. The minimum Gasteiger partial charge on any atom is -0.344 e. The smallest absolute Gasteiger partial charge is 0.344 e. The summed E-state index contributed by atoms with van der Waals surface area (Å²) in [5, 5.41) is 10.8. The van der Waals surface area contributed by atoms with Crippen molar-refractivity contribution in [1.29, 1.82) is 0 Å². The van der Waals surface area contributed by atoms with E-state index >= 15 is 0 Å². The van der Waals surface area contributed by atoms with Gasteiger partial charge in [-0.25, -0.2) is 8.78 Å². The summed E-state index contributed by atoms with van der Waals surface area (Å²) < 4.78 is 68.0. The van der Waals surface area contributed by atoms with Crippen LogP contribution in [0.25, 0.3) is 11.3 Å². The van der Waals surface area contributed by atoms with Crippen LogP contribution in [-0.2, 0) is 19.8 Å². The molecule has 1 atom stereocenters. The number of nitrogens with zero attached hydrogens (tertiary/aromatic N) is 5. The van der Waals surface area contributed by atoms with Gasteiger partial charge < -0.3 is 5.32 Å². The van der Waals surface area contributed by atoms with Gasteiger partial charge in [0.15, 0.2) is 0 Å². The molecule has 0 saturated carbocycles. The highest BCUT2D eigenvalue weighted by atomic mass is 19.4. The lowest BCUT2D eigenvalue weighted by molar-refractivity contribution is -0.141. The molecule has 31 heavy (non-hydrogen) atoms. The number of halogens is 5. The van der Waals surface area contributed by atoms with Gasteiger partial charge in [-0.15, -0.1) is 0 Å². The molecule has 0 radical (unpaired) electrons. The summed E-state index contributed by atoms with van der Waals surface area (Å²) in [6.45, 7) is 0.522. The largest absolute Gasteiger partial charge is 0.433 e. The molecule has 1 N–H and O–H groups in total. The van der Waals surface area contributed by atoms with Crippen LogP contribution in [0, 0.1) is 0 Å². The Kier molecular flexibility index (Phi) is 5.23. The van der Waals surface area contributed by atoms with Crippen molar-refractivity contribution in [3.63, 3.8) is 0 Å². The lowest BCUT2D eigenvalue weighted by Crippen LogP contribution is -2.33. The molecule has 1 aliphatic rings. The minimum atomic E-state index is -4.59. The standard InChI is InChI=1S/C19H17F5N6O/c1-29-16(17(20)21)11(9-26-29)18(31)27-12-3-2-6-30-14(12)8-13(28-30)10-4-5-25-15(7-10)19(22,23)24/h4-5,7-9,12,17H,2-3,6H2,1H3,(H,27,31)/t12-/m0/s1. The number of carbonyl (C=O) groups excluding carboxylic acids is 1. The molecule has 0 bridgehead atoms. The summed E-state index contributed by atoms with van der Waals surface area (Å²) in [7, 11) is 1.32. The molecule has 3 aromatic rings. The predicted molar refractivity (Wildman–Crippen MR) is 98.1 cm³/mol. The fraction of sp³-hybridized carbons (Fsp3) is 0.368. The van der Waals surface area contributed by atoms with Gasteiger partial charge in [-0.3, -0.25) is 19.1 Å². The van der Waals surface area contributed by atoms with E-state index in [1.54, 1.807) is 10.7 Å². The first-order valence-corrected chi connectivity index (χ1v) is 9.37. The van der Waals surface area contributed by atoms with Crippen LogP contribution < -0.4 is 5.32 Å². The number of pyridine rings is 1. The van der Waals surface area contributed by atoms with Gasteiger partial charge in [0, 0.05) is 25.4 Å². The molecule has 1 amide bonds. The third-order valence-electron chi connectivity index (χ3n) is 5.12. The summed E-state index contributed by atoms with van der Waals surface area (Å²) in [4.78, 5) is 16.0. The lowest BCUT2D eigenvalue weighted by Gasteiger charge is -2.24. The van der Waals surface area contributed by atoms with E-state index in [2.05, 4.69) is 20.5 Å². The van der Waals surface area contributed by atoms with E-state index in [0.717, 1.165) is 23.1 Å². The van der Waals surface area contributed by atoms with Crippen molar-refractivity contribution in [2.24, 2.45) is 7.05 Å². The van der Waals surface area contributed by atoms with E-state index in [4.69, 9.17) is 0 Å². The van der Waals surface area contributed by atoms with Gasteiger partial charge in [0.25, 0.3) is 12.3 Å². The van der Waals surface area contributed by atoms with Crippen LogP contribution in [0.5, 0.6) is 0 Å². The van der Waals surface area contributed by atoms with Gasteiger partial charge in [0.05, 0.1) is 29.2 Å². The fourth-order valence-electron chi connectivity index (χ4n) is 3.63. The Hall–Kier alpha value is -3.31. The van der Waals surface area contributed by atoms with Crippen molar-refractivity contribution in [3.05, 3.63) is 53.2 Å². The van der Waals surface area contributed by atoms with Crippen molar-refractivity contribution in [1.82, 2.24) is 29.9 Å². The number of aromatic nitrogens is 5. The maximum atomic E-state index is 13.3. The molecule has 4 heterocycles. The van der Waals surface area contributed by atoms with E-state index in [-0.39, 0.29) is 11.1 Å². The number of amides is 1. The molecular formula is C19H17F5N6O. The number of nitrogens with one attached hydrogen (secondary N) is 1. The van der Waals surface area contributed by atoms with E-state index in [1.165, 1.54) is 13.1 Å². The van der Waals surface area contributed by atoms with Gasteiger partial charge in [-0.2, -0.15) is 23.4 Å². The van der Waals surface area contributed by atoms with Crippen LogP contribution in [0.1, 0.15) is 52.7 Å². The van der Waals surface area contributed by atoms with Gasteiger partial charge in [0.1, 0.15) is 11.4 Å². The summed E-state index contributed by atoms with van der Waals surface area (Å²) in [6.07, 6.45) is -4.13. The molecule has 7 nitrogen and oxygen atoms in total. The molecule has 0 aromatic carbocycles. The number of hydrogen-bond acceptors (Lipinski definition) is 4. The fourth-order valence-corrected chi connectivity index (χ4v) is 3.63. The van der Waals surface area contributed by atoms with Crippen LogP contribution in [0.2, 0.25) is 0 Å². The Morgan fingerprint density at radius 1 is 1.29 bits per heavy atom. The average Bonchev–Trinajstić information content (AvgIpc) is 3.32. The molecule has 0 unspecified atom stereocenters. The Morgan fingerprint density at radius 3 is 2.77 bits per heavy atom. The number of hydrogen-bond donors (Lipinski definition) is 1. The zero-order chi connectivity index (χ0) is 22.3. The van der Waals surface area contributed by atoms with Crippen LogP contribution >= 0.6 is 0 Å². The molecule has 0 saturated heterocycles. The highest BCUT2D eigenvalue weighted by Crippen LogP contribution is 2.33. The van der Waals surface area contributed by atoms with E-state index in [9.17, 15) is 26.7 Å². The van der Waals surface area contributed by atoms with Crippen molar-refractivity contribution >= 4 is 5.91 Å². The summed E-state index contributed by atoms with van der Waals surface area (Å²) in [5.41, 5.74) is -0.614. The topological polar surface area (TPSA) is 77.6 Å². The minimum absolute atomic E-state index is 0.224. The molecule has 12 heteroatoms. The molecular weight excluding hydrogens is 423 g/mol. The first-order valence-electron chi connectivity index (χ1n) is 9.37. The average molecular weight is 440 g/mol. The normalized spacial score (nSPS) is 16.4. The molecule has 4 rings (SSSR count). The molecule has 1 aliphatic heterocycles. The van der Waals surface area contributed by atoms with Gasteiger partial charge in [-0.05, 0) is 31.0 Å². The monoisotopic (exact) mass is 440 g/mol.